The van der Waals surface area contributed by atoms with Crippen LogP contribution in [0.3, 0.4) is 0 Å². The highest BCUT2D eigenvalue weighted by molar-refractivity contribution is 7.13. The number of aromatic nitrogens is 2. The smallest absolute Gasteiger partial charge is 0.296 e. The number of hydrogen-bond acceptors (Lipinski definition) is 5. The van der Waals surface area contributed by atoms with Gasteiger partial charge in [0.25, 0.3) is 5.91 Å². The molecule has 0 aliphatic heterocycles. The Morgan fingerprint density at radius 2 is 1.64 bits per heavy atom. The van der Waals surface area contributed by atoms with Crippen molar-refractivity contribution in [2.75, 3.05) is 5.32 Å². The van der Waals surface area contributed by atoms with Gasteiger partial charge in [0.05, 0.1) is 5.56 Å². The maximum absolute atomic E-state index is 13.5. The van der Waals surface area contributed by atoms with E-state index in [0.29, 0.717) is 34.5 Å². The predicted octanol–water partition coefficient (Wildman–Crippen LogP) is 5.85. The lowest BCUT2D eigenvalue weighted by molar-refractivity contribution is -0.137. The first-order chi connectivity index (χ1) is 15.7. The third-order valence-corrected chi connectivity index (χ3v) is 5.35. The summed E-state index contributed by atoms with van der Waals surface area (Å²) in [5.41, 5.74) is -0.558. The van der Waals surface area contributed by atoms with Gasteiger partial charge >= 0.3 is 6.18 Å². The van der Waals surface area contributed by atoms with Crippen LogP contribution >= 0.6 is 11.3 Å². The molecule has 33 heavy (non-hydrogen) atoms. The SMILES string of the molecule is O=C(Nc1nccs1)c1ccc(-c2ccc(C(=O)c3cc(F)ccc3C(F)(F)F)cc2)cn1. The van der Waals surface area contributed by atoms with Gasteiger partial charge in [-0.3, -0.25) is 19.9 Å². The van der Waals surface area contributed by atoms with Crippen molar-refractivity contribution in [2.45, 2.75) is 6.18 Å². The first-order valence-corrected chi connectivity index (χ1v) is 10.3. The molecule has 0 atom stereocenters. The largest absolute Gasteiger partial charge is 0.417 e. The fraction of sp³-hybridized carbons (Fsp3) is 0.0435. The van der Waals surface area contributed by atoms with E-state index in [9.17, 15) is 27.2 Å². The van der Waals surface area contributed by atoms with Crippen LogP contribution in [-0.2, 0) is 6.18 Å². The Morgan fingerprint density at radius 3 is 2.24 bits per heavy atom. The summed E-state index contributed by atoms with van der Waals surface area (Å²) in [6.07, 6.45) is -1.77. The number of carbonyl (C=O) groups is 2. The number of carbonyl (C=O) groups excluding carboxylic acids is 2. The second-order valence-electron chi connectivity index (χ2n) is 6.82. The molecule has 166 valence electrons. The molecular weight excluding hydrogens is 458 g/mol. The molecule has 0 aliphatic rings. The maximum atomic E-state index is 13.5. The Bertz CT molecular complexity index is 1300. The number of rotatable bonds is 5. The number of pyridine rings is 1. The van der Waals surface area contributed by atoms with Crippen molar-refractivity contribution in [3.63, 3.8) is 0 Å². The number of benzene rings is 2. The van der Waals surface area contributed by atoms with Gasteiger partial charge in [0.1, 0.15) is 11.5 Å². The minimum absolute atomic E-state index is 0.0257. The van der Waals surface area contributed by atoms with Crippen molar-refractivity contribution in [1.29, 1.82) is 0 Å². The number of halogens is 4. The number of amides is 1. The highest BCUT2D eigenvalue weighted by Crippen LogP contribution is 2.33. The molecule has 0 aliphatic carbocycles. The van der Waals surface area contributed by atoms with E-state index in [-0.39, 0.29) is 11.3 Å². The molecule has 10 heteroatoms. The fourth-order valence-electron chi connectivity index (χ4n) is 3.07. The summed E-state index contributed by atoms with van der Waals surface area (Å²) >= 11 is 1.27. The van der Waals surface area contributed by atoms with Crippen LogP contribution in [-0.4, -0.2) is 21.7 Å². The predicted molar refractivity (Wildman–Crippen MR) is 115 cm³/mol. The second kappa shape index (κ2) is 8.91. The van der Waals surface area contributed by atoms with Crippen molar-refractivity contribution in [1.82, 2.24) is 9.97 Å². The molecule has 0 bridgehead atoms. The summed E-state index contributed by atoms with van der Waals surface area (Å²) in [7, 11) is 0. The summed E-state index contributed by atoms with van der Waals surface area (Å²) < 4.78 is 53.2. The average molecular weight is 471 g/mol. The standard InChI is InChI=1S/C23H13F4N3O2S/c24-16-6-7-18(23(25,26)27)17(11-16)20(31)14-3-1-13(2-4-14)15-5-8-19(29-12-15)21(32)30-22-28-9-10-33-22/h1-12H,(H,28,30,32). The van der Waals surface area contributed by atoms with Gasteiger partial charge in [0.2, 0.25) is 0 Å². The monoisotopic (exact) mass is 471 g/mol. The number of nitrogens with zero attached hydrogens (tertiary/aromatic N) is 2. The summed E-state index contributed by atoms with van der Waals surface area (Å²) in [5, 5.41) is 4.78. The molecule has 2 aromatic heterocycles. The Kier molecular flexibility index (Phi) is 6.01. The fourth-order valence-corrected chi connectivity index (χ4v) is 3.59. The number of nitrogens with one attached hydrogen (secondary N) is 1. The lowest BCUT2D eigenvalue weighted by Gasteiger charge is -2.12. The molecule has 0 unspecified atom stereocenters. The number of ketones is 1. The van der Waals surface area contributed by atoms with Crippen molar-refractivity contribution in [3.05, 3.63) is 101 Å². The number of thiazole rings is 1. The molecule has 1 amide bonds. The van der Waals surface area contributed by atoms with Crippen LogP contribution in [0.2, 0.25) is 0 Å². The van der Waals surface area contributed by atoms with Crippen molar-refractivity contribution in [3.8, 4) is 11.1 Å². The zero-order chi connectivity index (χ0) is 23.6. The minimum Gasteiger partial charge on any atom is -0.296 e. The lowest BCUT2D eigenvalue weighted by atomic mass is 9.96. The van der Waals surface area contributed by atoms with E-state index in [1.165, 1.54) is 47.9 Å². The van der Waals surface area contributed by atoms with E-state index in [1.807, 2.05) is 0 Å². The number of anilines is 1. The van der Waals surface area contributed by atoms with Crippen molar-refractivity contribution < 1.29 is 27.2 Å². The summed E-state index contributed by atoms with van der Waals surface area (Å²) in [6, 6.07) is 10.7. The van der Waals surface area contributed by atoms with Crippen molar-refractivity contribution >= 4 is 28.2 Å². The Labute approximate surface area is 188 Å². The van der Waals surface area contributed by atoms with Crippen LogP contribution in [0.1, 0.15) is 32.0 Å². The van der Waals surface area contributed by atoms with E-state index in [2.05, 4.69) is 15.3 Å². The quantitative estimate of drug-likeness (QED) is 0.293. The van der Waals surface area contributed by atoms with Crippen LogP contribution in [0.4, 0.5) is 22.7 Å². The summed E-state index contributed by atoms with van der Waals surface area (Å²) in [4.78, 5) is 32.9. The van der Waals surface area contributed by atoms with Crippen LogP contribution in [0, 0.1) is 5.82 Å². The van der Waals surface area contributed by atoms with Gasteiger partial charge in [0.15, 0.2) is 10.9 Å². The van der Waals surface area contributed by atoms with E-state index < -0.39 is 34.8 Å². The minimum atomic E-state index is -4.79. The molecule has 0 saturated carbocycles. The highest BCUT2D eigenvalue weighted by Gasteiger charge is 2.35. The topological polar surface area (TPSA) is 72.0 Å². The van der Waals surface area contributed by atoms with E-state index in [1.54, 1.807) is 17.6 Å². The highest BCUT2D eigenvalue weighted by atomic mass is 32.1. The maximum Gasteiger partial charge on any atom is 0.417 e. The molecular formula is C23H13F4N3O2S. The van der Waals surface area contributed by atoms with Gasteiger partial charge in [-0.05, 0) is 29.8 Å². The van der Waals surface area contributed by atoms with Gasteiger partial charge in [0, 0.05) is 34.5 Å². The van der Waals surface area contributed by atoms with Crippen molar-refractivity contribution in [2.24, 2.45) is 0 Å². The Hall–Kier alpha value is -3.92. The lowest BCUT2D eigenvalue weighted by Crippen LogP contribution is -2.14. The third-order valence-electron chi connectivity index (χ3n) is 4.66. The first kappa shape index (κ1) is 22.3. The van der Waals surface area contributed by atoms with Crippen LogP contribution < -0.4 is 5.32 Å². The molecule has 2 aromatic carbocycles. The number of alkyl halides is 3. The van der Waals surface area contributed by atoms with Gasteiger partial charge in [-0.25, -0.2) is 9.37 Å². The molecule has 0 saturated heterocycles. The summed E-state index contributed by atoms with van der Waals surface area (Å²) in [5.74, 6) is -2.30. The van der Waals surface area contributed by atoms with Crippen LogP contribution in [0.5, 0.6) is 0 Å². The molecule has 0 radical (unpaired) electrons. The Balaban J connectivity index is 1.54. The molecule has 0 fully saturated rings. The average Bonchev–Trinajstić information content (AvgIpc) is 3.31. The van der Waals surface area contributed by atoms with Crippen LogP contribution in [0.15, 0.2) is 72.4 Å². The second-order valence-corrected chi connectivity index (χ2v) is 7.71. The molecule has 4 aromatic rings. The van der Waals surface area contributed by atoms with Crippen LogP contribution in [0.25, 0.3) is 11.1 Å². The van der Waals surface area contributed by atoms with E-state index in [4.69, 9.17) is 0 Å². The number of hydrogen-bond donors (Lipinski definition) is 1. The van der Waals surface area contributed by atoms with E-state index >= 15 is 0 Å². The summed E-state index contributed by atoms with van der Waals surface area (Å²) in [6.45, 7) is 0. The Morgan fingerprint density at radius 1 is 0.909 bits per heavy atom. The zero-order valence-electron chi connectivity index (χ0n) is 16.6. The molecule has 1 N–H and O–H groups in total. The normalized spacial score (nSPS) is 11.3. The molecule has 4 rings (SSSR count). The first-order valence-electron chi connectivity index (χ1n) is 9.41. The zero-order valence-corrected chi connectivity index (χ0v) is 17.4. The van der Waals surface area contributed by atoms with Gasteiger partial charge in [-0.15, -0.1) is 11.3 Å². The molecule has 0 spiro atoms. The van der Waals surface area contributed by atoms with Gasteiger partial charge < -0.3 is 0 Å². The third kappa shape index (κ3) is 4.96. The van der Waals surface area contributed by atoms with Gasteiger partial charge in [-0.1, -0.05) is 30.3 Å². The van der Waals surface area contributed by atoms with E-state index in [0.717, 1.165) is 0 Å². The van der Waals surface area contributed by atoms with Gasteiger partial charge in [-0.2, -0.15) is 13.2 Å². The molecule has 2 heterocycles. The molecule has 5 nitrogen and oxygen atoms in total.